The molecule has 234 valence electrons. The lowest BCUT2D eigenvalue weighted by atomic mass is 10.0. The van der Waals surface area contributed by atoms with Crippen LogP contribution >= 0.6 is 0 Å². The van der Waals surface area contributed by atoms with Crippen molar-refractivity contribution in [2.24, 2.45) is 0 Å². The van der Waals surface area contributed by atoms with Crippen LogP contribution in [-0.4, -0.2) is 57.6 Å². The number of carbonyl (C=O) groups is 2. The van der Waals surface area contributed by atoms with Gasteiger partial charge < -0.3 is 14.8 Å². The Hall–Kier alpha value is -4.15. The second kappa shape index (κ2) is 13.7. The summed E-state index contributed by atoms with van der Waals surface area (Å²) in [5.41, 5.74) is 2.21. The first-order valence-corrected chi connectivity index (χ1v) is 14.6. The summed E-state index contributed by atoms with van der Waals surface area (Å²) in [6.07, 6.45) is 1.03. The van der Waals surface area contributed by atoms with Crippen LogP contribution in [0.5, 0.6) is 0 Å². The van der Waals surface area contributed by atoms with Gasteiger partial charge in [-0.05, 0) is 94.6 Å². The maximum Gasteiger partial charge on any atom is 0.435 e. The Morgan fingerprint density at radius 3 is 2.30 bits per heavy atom. The fraction of sp³-hybridized carbons (Fsp3) is 0.382. The largest absolute Gasteiger partial charge is 0.459 e. The number of nitrogens with one attached hydrogen (secondary N) is 1. The molecular formula is C34H40F2N4O4. The topological polar surface area (TPSA) is 85.7 Å². The second-order valence-corrected chi connectivity index (χ2v) is 12.7. The predicted octanol–water partition coefficient (Wildman–Crippen LogP) is 6.70. The first kappa shape index (κ1) is 32.8. The summed E-state index contributed by atoms with van der Waals surface area (Å²) in [6, 6.07) is 16.8. The van der Waals surface area contributed by atoms with Crippen molar-refractivity contribution < 1.29 is 27.8 Å². The third-order valence-corrected chi connectivity index (χ3v) is 6.50. The number of esters is 1. The Morgan fingerprint density at radius 1 is 0.886 bits per heavy atom. The Labute approximate surface area is 256 Å². The molecule has 1 N–H and O–H groups in total. The first-order valence-electron chi connectivity index (χ1n) is 14.6. The van der Waals surface area contributed by atoms with Crippen molar-refractivity contribution in [2.75, 3.05) is 19.6 Å². The molecule has 3 aromatic carbocycles. The third kappa shape index (κ3) is 9.42. The third-order valence-electron chi connectivity index (χ3n) is 6.50. The molecule has 1 aromatic heterocycles. The minimum atomic E-state index is -0.656. The van der Waals surface area contributed by atoms with Crippen LogP contribution in [0.4, 0.5) is 13.6 Å². The standard InChI is InChI=1S/C34H40F2N4O4/c1-33(2,3)43-31(41)20-37-14-15-39(21-23-8-7-9-28(35)16-23)22-27-18-24(10-12-29(27)36)25-11-13-30-26(17-25)19-38-40(30)32(42)44-34(4,5)6/h7-13,16-19,37H,14-15,20-22H2,1-6H3. The summed E-state index contributed by atoms with van der Waals surface area (Å²) >= 11 is 0. The molecule has 1 heterocycles. The lowest BCUT2D eigenvalue weighted by Gasteiger charge is -2.24. The molecule has 10 heteroatoms. The van der Waals surface area contributed by atoms with E-state index in [0.717, 1.165) is 22.1 Å². The Morgan fingerprint density at radius 2 is 1.59 bits per heavy atom. The molecule has 0 aliphatic heterocycles. The van der Waals surface area contributed by atoms with Gasteiger partial charge in [-0.15, -0.1) is 0 Å². The van der Waals surface area contributed by atoms with Crippen molar-refractivity contribution >= 4 is 23.0 Å². The van der Waals surface area contributed by atoms with Gasteiger partial charge in [-0.3, -0.25) is 9.69 Å². The highest BCUT2D eigenvalue weighted by molar-refractivity contribution is 5.90. The van der Waals surface area contributed by atoms with Crippen molar-refractivity contribution in [3.05, 3.63) is 89.6 Å². The zero-order chi connectivity index (χ0) is 32.1. The summed E-state index contributed by atoms with van der Waals surface area (Å²) in [6.45, 7) is 12.4. The molecule has 4 rings (SSSR count). The van der Waals surface area contributed by atoms with Crippen LogP contribution in [0.3, 0.4) is 0 Å². The van der Waals surface area contributed by atoms with Gasteiger partial charge in [0.1, 0.15) is 22.8 Å². The monoisotopic (exact) mass is 606 g/mol. The van der Waals surface area contributed by atoms with E-state index in [9.17, 15) is 14.0 Å². The molecule has 0 spiro atoms. The SMILES string of the molecule is CC(C)(C)OC(=O)CNCCN(Cc1cccc(F)c1)Cc1cc(-c2ccc3c(cnn3C(=O)OC(C)(C)C)c2)ccc1F. The van der Waals surface area contributed by atoms with Crippen molar-refractivity contribution in [2.45, 2.75) is 65.8 Å². The highest BCUT2D eigenvalue weighted by Crippen LogP contribution is 2.27. The molecule has 0 saturated carbocycles. The number of hydrogen-bond donors (Lipinski definition) is 1. The molecule has 0 aliphatic rings. The quantitative estimate of drug-likeness (QED) is 0.159. The van der Waals surface area contributed by atoms with E-state index in [1.807, 2.05) is 43.9 Å². The zero-order valence-electron chi connectivity index (χ0n) is 26.1. The smallest absolute Gasteiger partial charge is 0.435 e. The van der Waals surface area contributed by atoms with Gasteiger partial charge in [0.2, 0.25) is 0 Å². The predicted molar refractivity (Wildman–Crippen MR) is 166 cm³/mol. The van der Waals surface area contributed by atoms with Crippen molar-refractivity contribution in [3.8, 4) is 11.1 Å². The van der Waals surface area contributed by atoms with E-state index in [1.54, 1.807) is 51.2 Å². The zero-order valence-corrected chi connectivity index (χ0v) is 26.1. The van der Waals surface area contributed by atoms with Gasteiger partial charge in [0.05, 0.1) is 18.3 Å². The van der Waals surface area contributed by atoms with Gasteiger partial charge in [0.25, 0.3) is 0 Å². The number of aromatic nitrogens is 2. The Bertz CT molecular complexity index is 1620. The maximum atomic E-state index is 15.2. The molecule has 0 atom stereocenters. The average molecular weight is 607 g/mol. The summed E-state index contributed by atoms with van der Waals surface area (Å²) in [5, 5.41) is 8.04. The van der Waals surface area contributed by atoms with Crippen LogP contribution < -0.4 is 5.32 Å². The normalized spacial score (nSPS) is 12.1. The molecule has 4 aromatic rings. The number of fused-ring (bicyclic) bond motifs is 1. The molecule has 0 bridgehead atoms. The van der Waals surface area contributed by atoms with Crippen LogP contribution in [0.1, 0.15) is 52.7 Å². The number of hydrogen-bond acceptors (Lipinski definition) is 7. The van der Waals surface area contributed by atoms with E-state index in [0.29, 0.717) is 30.7 Å². The van der Waals surface area contributed by atoms with E-state index in [1.165, 1.54) is 22.9 Å². The summed E-state index contributed by atoms with van der Waals surface area (Å²) in [5.74, 6) is -1.07. The van der Waals surface area contributed by atoms with Crippen LogP contribution in [-0.2, 0) is 27.4 Å². The molecule has 8 nitrogen and oxygen atoms in total. The van der Waals surface area contributed by atoms with Gasteiger partial charge in [-0.25, -0.2) is 13.6 Å². The fourth-order valence-corrected chi connectivity index (χ4v) is 4.69. The molecule has 44 heavy (non-hydrogen) atoms. The van der Waals surface area contributed by atoms with Crippen molar-refractivity contribution in [3.63, 3.8) is 0 Å². The molecule has 0 saturated heterocycles. The number of halogens is 2. The number of nitrogens with zero attached hydrogens (tertiary/aromatic N) is 3. The van der Waals surface area contributed by atoms with Crippen LogP contribution in [0.25, 0.3) is 22.0 Å². The number of rotatable bonds is 10. The van der Waals surface area contributed by atoms with Crippen molar-refractivity contribution in [1.82, 2.24) is 20.0 Å². The van der Waals surface area contributed by atoms with Crippen molar-refractivity contribution in [1.29, 1.82) is 0 Å². The lowest BCUT2D eigenvalue weighted by molar-refractivity contribution is -0.153. The molecule has 0 fully saturated rings. The van der Waals surface area contributed by atoms with Gasteiger partial charge in [0.15, 0.2) is 0 Å². The first-order chi connectivity index (χ1) is 20.7. The molecule has 0 aliphatic carbocycles. The highest BCUT2D eigenvalue weighted by atomic mass is 19.1. The van der Waals surface area contributed by atoms with Crippen LogP contribution in [0.2, 0.25) is 0 Å². The highest BCUT2D eigenvalue weighted by Gasteiger charge is 2.21. The minimum Gasteiger partial charge on any atom is -0.459 e. The van der Waals surface area contributed by atoms with Gasteiger partial charge >= 0.3 is 12.1 Å². The average Bonchev–Trinajstić information content (AvgIpc) is 3.34. The van der Waals surface area contributed by atoms with E-state index in [-0.39, 0.29) is 30.7 Å². The van der Waals surface area contributed by atoms with Crippen LogP contribution in [0, 0.1) is 11.6 Å². The fourth-order valence-electron chi connectivity index (χ4n) is 4.69. The molecule has 0 amide bonds. The molecule has 0 unspecified atom stereocenters. The van der Waals surface area contributed by atoms with E-state index in [2.05, 4.69) is 10.4 Å². The second-order valence-electron chi connectivity index (χ2n) is 12.7. The van der Waals surface area contributed by atoms with E-state index < -0.39 is 17.3 Å². The number of carbonyl (C=O) groups excluding carboxylic acids is 2. The summed E-state index contributed by atoms with van der Waals surface area (Å²) < 4.78 is 41.1. The number of benzene rings is 3. The summed E-state index contributed by atoms with van der Waals surface area (Å²) in [4.78, 5) is 26.7. The molecule has 0 radical (unpaired) electrons. The number of ether oxygens (including phenoxy) is 2. The summed E-state index contributed by atoms with van der Waals surface area (Å²) in [7, 11) is 0. The minimum absolute atomic E-state index is 0.0436. The Balaban J connectivity index is 1.52. The Kier molecular flexibility index (Phi) is 10.2. The van der Waals surface area contributed by atoms with E-state index in [4.69, 9.17) is 9.47 Å². The van der Waals surface area contributed by atoms with Gasteiger partial charge in [-0.1, -0.05) is 24.3 Å². The molecular weight excluding hydrogens is 566 g/mol. The maximum absolute atomic E-state index is 15.2. The van der Waals surface area contributed by atoms with Crippen LogP contribution in [0.15, 0.2) is 66.9 Å². The van der Waals surface area contributed by atoms with E-state index >= 15 is 4.39 Å². The van der Waals surface area contributed by atoms with Gasteiger partial charge in [0, 0.05) is 37.1 Å². The lowest BCUT2D eigenvalue weighted by Crippen LogP contribution is -2.36. The van der Waals surface area contributed by atoms with Gasteiger partial charge in [-0.2, -0.15) is 9.78 Å².